The van der Waals surface area contributed by atoms with Gasteiger partial charge in [0, 0.05) is 29.7 Å². The summed E-state index contributed by atoms with van der Waals surface area (Å²) in [6.45, 7) is 1.94. The summed E-state index contributed by atoms with van der Waals surface area (Å²) in [4.78, 5) is 14.5. The minimum atomic E-state index is 0.104. The van der Waals surface area contributed by atoms with Crippen LogP contribution in [0.15, 0.2) is 18.2 Å². The Morgan fingerprint density at radius 1 is 1.30 bits per heavy atom. The van der Waals surface area contributed by atoms with Crippen LogP contribution in [0.2, 0.25) is 5.02 Å². The maximum atomic E-state index is 12.6. The normalized spacial score (nSPS) is 22.6. The number of aryl methyl sites for hydroxylation is 1. The molecular weight excluding hydrogens is 272 g/mol. The number of carbonyl (C=O) groups is 1. The van der Waals surface area contributed by atoms with Crippen LogP contribution in [-0.2, 0) is 0 Å². The Balaban J connectivity index is 2.05. The Kier molecular flexibility index (Phi) is 5.06. The second-order valence-electron chi connectivity index (χ2n) is 5.67. The number of nitrogens with one attached hydrogen (secondary N) is 1. The van der Waals surface area contributed by atoms with Gasteiger partial charge in [-0.05, 0) is 63.4 Å². The lowest BCUT2D eigenvalue weighted by Crippen LogP contribution is -2.42. The van der Waals surface area contributed by atoms with Gasteiger partial charge in [-0.3, -0.25) is 4.79 Å². The third-order valence-electron chi connectivity index (χ3n) is 4.39. The fourth-order valence-electron chi connectivity index (χ4n) is 2.97. The van der Waals surface area contributed by atoms with Crippen molar-refractivity contribution in [2.75, 3.05) is 14.1 Å². The Labute approximate surface area is 126 Å². The zero-order valence-corrected chi connectivity index (χ0v) is 13.2. The van der Waals surface area contributed by atoms with Crippen molar-refractivity contribution in [3.8, 4) is 0 Å². The Hall–Kier alpha value is -1.06. The van der Waals surface area contributed by atoms with E-state index >= 15 is 0 Å². The molecule has 0 aromatic heterocycles. The van der Waals surface area contributed by atoms with Crippen LogP contribution in [0.1, 0.15) is 41.6 Å². The van der Waals surface area contributed by atoms with E-state index in [0.29, 0.717) is 17.1 Å². The molecular formula is C16H23ClN2O. The predicted molar refractivity (Wildman–Crippen MR) is 83.4 cm³/mol. The first-order valence-corrected chi connectivity index (χ1v) is 7.61. The van der Waals surface area contributed by atoms with E-state index in [0.717, 1.165) is 36.8 Å². The van der Waals surface area contributed by atoms with Gasteiger partial charge in [0.05, 0.1) is 0 Å². The van der Waals surface area contributed by atoms with E-state index in [1.54, 1.807) is 6.07 Å². The van der Waals surface area contributed by atoms with Crippen molar-refractivity contribution in [2.45, 2.75) is 44.7 Å². The molecule has 2 rings (SSSR count). The van der Waals surface area contributed by atoms with Gasteiger partial charge in [-0.1, -0.05) is 11.6 Å². The summed E-state index contributed by atoms with van der Waals surface area (Å²) in [5.41, 5.74) is 1.70. The number of carbonyl (C=O) groups excluding carboxylic acids is 1. The van der Waals surface area contributed by atoms with Gasteiger partial charge >= 0.3 is 0 Å². The van der Waals surface area contributed by atoms with Crippen molar-refractivity contribution in [2.24, 2.45) is 0 Å². The highest BCUT2D eigenvalue weighted by atomic mass is 35.5. The Morgan fingerprint density at radius 3 is 2.50 bits per heavy atom. The van der Waals surface area contributed by atoms with Crippen molar-refractivity contribution in [1.82, 2.24) is 10.2 Å². The summed E-state index contributed by atoms with van der Waals surface area (Å²) >= 11 is 5.95. The number of hydrogen-bond acceptors (Lipinski definition) is 2. The fraction of sp³-hybridized carbons (Fsp3) is 0.562. The summed E-state index contributed by atoms with van der Waals surface area (Å²) < 4.78 is 0. The minimum absolute atomic E-state index is 0.104. The van der Waals surface area contributed by atoms with Gasteiger partial charge in [0.2, 0.25) is 0 Å². The number of rotatable bonds is 3. The number of hydrogen-bond donors (Lipinski definition) is 1. The first kappa shape index (κ1) is 15.3. The molecule has 1 aliphatic rings. The average molecular weight is 295 g/mol. The topological polar surface area (TPSA) is 32.3 Å². The zero-order valence-electron chi connectivity index (χ0n) is 12.4. The van der Waals surface area contributed by atoms with Crippen molar-refractivity contribution in [3.63, 3.8) is 0 Å². The van der Waals surface area contributed by atoms with Crippen LogP contribution >= 0.6 is 11.6 Å². The van der Waals surface area contributed by atoms with Crippen molar-refractivity contribution >= 4 is 17.5 Å². The lowest BCUT2D eigenvalue weighted by molar-refractivity contribution is 0.0685. The third-order valence-corrected chi connectivity index (χ3v) is 4.63. The monoisotopic (exact) mass is 294 g/mol. The average Bonchev–Trinajstić information content (AvgIpc) is 2.46. The summed E-state index contributed by atoms with van der Waals surface area (Å²) in [5, 5.41) is 4.00. The highest BCUT2D eigenvalue weighted by Gasteiger charge is 2.26. The molecule has 0 aliphatic heterocycles. The summed E-state index contributed by atoms with van der Waals surface area (Å²) in [5.74, 6) is 0.104. The molecule has 1 aliphatic carbocycles. The Bertz CT molecular complexity index is 481. The van der Waals surface area contributed by atoms with Gasteiger partial charge in [-0.2, -0.15) is 0 Å². The van der Waals surface area contributed by atoms with Crippen LogP contribution < -0.4 is 5.32 Å². The van der Waals surface area contributed by atoms with E-state index in [4.69, 9.17) is 11.6 Å². The number of amides is 1. The lowest BCUT2D eigenvalue weighted by atomic mass is 9.90. The van der Waals surface area contributed by atoms with E-state index < -0.39 is 0 Å². The molecule has 0 saturated heterocycles. The molecule has 1 aromatic carbocycles. The van der Waals surface area contributed by atoms with Crippen LogP contribution in [0.4, 0.5) is 0 Å². The molecule has 1 amide bonds. The summed E-state index contributed by atoms with van der Waals surface area (Å²) in [6, 6.07) is 6.42. The molecule has 20 heavy (non-hydrogen) atoms. The smallest absolute Gasteiger partial charge is 0.254 e. The van der Waals surface area contributed by atoms with Crippen LogP contribution in [0, 0.1) is 6.92 Å². The molecule has 0 spiro atoms. The molecule has 0 heterocycles. The standard InChI is InChI=1S/C16H23ClN2O/c1-11-10-12(17)4-9-15(11)16(20)19(3)14-7-5-13(18-2)6-8-14/h4,9-10,13-14,18H,5-8H2,1-3H3. The van der Waals surface area contributed by atoms with Gasteiger partial charge in [-0.25, -0.2) is 0 Å². The molecule has 3 nitrogen and oxygen atoms in total. The van der Waals surface area contributed by atoms with Crippen molar-refractivity contribution in [1.29, 1.82) is 0 Å². The number of halogens is 1. The van der Waals surface area contributed by atoms with Crippen LogP contribution in [0.25, 0.3) is 0 Å². The SMILES string of the molecule is CNC1CCC(N(C)C(=O)c2ccc(Cl)cc2C)CC1. The molecule has 1 aromatic rings. The quantitative estimate of drug-likeness (QED) is 0.928. The van der Waals surface area contributed by atoms with E-state index in [1.165, 1.54) is 0 Å². The minimum Gasteiger partial charge on any atom is -0.339 e. The lowest BCUT2D eigenvalue weighted by Gasteiger charge is -2.34. The molecule has 1 N–H and O–H groups in total. The van der Waals surface area contributed by atoms with E-state index in [2.05, 4.69) is 5.32 Å². The Morgan fingerprint density at radius 2 is 1.95 bits per heavy atom. The first-order valence-electron chi connectivity index (χ1n) is 7.23. The highest BCUT2D eigenvalue weighted by Crippen LogP contribution is 2.24. The molecule has 1 saturated carbocycles. The van der Waals surface area contributed by atoms with Gasteiger partial charge in [0.25, 0.3) is 5.91 Å². The maximum absolute atomic E-state index is 12.6. The second-order valence-corrected chi connectivity index (χ2v) is 6.11. The van der Waals surface area contributed by atoms with Gasteiger partial charge in [-0.15, -0.1) is 0 Å². The van der Waals surface area contributed by atoms with Crippen LogP contribution in [-0.4, -0.2) is 37.0 Å². The number of nitrogens with zero attached hydrogens (tertiary/aromatic N) is 1. The second kappa shape index (κ2) is 6.59. The van der Waals surface area contributed by atoms with E-state index in [9.17, 15) is 4.79 Å². The molecule has 0 atom stereocenters. The third kappa shape index (κ3) is 3.33. The first-order chi connectivity index (χ1) is 9.52. The van der Waals surface area contributed by atoms with Gasteiger partial charge in [0.15, 0.2) is 0 Å². The van der Waals surface area contributed by atoms with E-state index in [-0.39, 0.29) is 5.91 Å². The van der Waals surface area contributed by atoms with Crippen LogP contribution in [0.3, 0.4) is 0 Å². The fourth-order valence-corrected chi connectivity index (χ4v) is 3.20. The van der Waals surface area contributed by atoms with Crippen molar-refractivity contribution < 1.29 is 4.79 Å². The molecule has 110 valence electrons. The molecule has 1 fully saturated rings. The predicted octanol–water partition coefficient (Wildman–Crippen LogP) is 3.25. The number of benzene rings is 1. The van der Waals surface area contributed by atoms with Gasteiger partial charge < -0.3 is 10.2 Å². The molecule has 4 heteroatoms. The van der Waals surface area contributed by atoms with Gasteiger partial charge in [0.1, 0.15) is 0 Å². The molecule has 0 unspecified atom stereocenters. The molecule has 0 bridgehead atoms. The highest BCUT2D eigenvalue weighted by molar-refractivity contribution is 6.30. The van der Waals surface area contributed by atoms with Crippen molar-refractivity contribution in [3.05, 3.63) is 34.3 Å². The summed E-state index contributed by atoms with van der Waals surface area (Å²) in [7, 11) is 3.93. The van der Waals surface area contributed by atoms with Crippen LogP contribution in [0.5, 0.6) is 0 Å². The maximum Gasteiger partial charge on any atom is 0.254 e. The molecule has 0 radical (unpaired) electrons. The zero-order chi connectivity index (χ0) is 14.7. The van der Waals surface area contributed by atoms with E-state index in [1.807, 2.05) is 38.1 Å². The largest absolute Gasteiger partial charge is 0.339 e. The summed E-state index contributed by atoms with van der Waals surface area (Å²) in [6.07, 6.45) is 4.41.